The van der Waals surface area contributed by atoms with Crippen LogP contribution in [-0.2, 0) is 4.74 Å². The SMILES string of the molecule is CCCCCC(CC)C1CO1. The van der Waals surface area contributed by atoms with Gasteiger partial charge in [-0.3, -0.25) is 0 Å². The van der Waals surface area contributed by atoms with Gasteiger partial charge in [-0.05, 0) is 12.3 Å². The summed E-state index contributed by atoms with van der Waals surface area (Å²) in [7, 11) is 0. The molecular weight excluding hydrogens is 136 g/mol. The molecule has 0 spiro atoms. The summed E-state index contributed by atoms with van der Waals surface area (Å²) in [5.41, 5.74) is 0. The molecule has 0 amide bonds. The summed E-state index contributed by atoms with van der Waals surface area (Å²) >= 11 is 0. The van der Waals surface area contributed by atoms with E-state index in [2.05, 4.69) is 13.8 Å². The molecule has 0 saturated carbocycles. The Kier molecular flexibility index (Phi) is 3.92. The first-order valence-corrected chi connectivity index (χ1v) is 5.00. The molecule has 1 heteroatoms. The topological polar surface area (TPSA) is 12.5 Å². The first-order chi connectivity index (χ1) is 5.38. The Labute approximate surface area is 70.1 Å². The molecule has 0 aromatic heterocycles. The normalized spacial score (nSPS) is 25.1. The minimum atomic E-state index is 0.636. The van der Waals surface area contributed by atoms with E-state index in [1.807, 2.05) is 0 Å². The van der Waals surface area contributed by atoms with E-state index in [0.717, 1.165) is 12.5 Å². The van der Waals surface area contributed by atoms with Crippen molar-refractivity contribution in [3.05, 3.63) is 0 Å². The monoisotopic (exact) mass is 156 g/mol. The molecule has 2 unspecified atom stereocenters. The van der Waals surface area contributed by atoms with Crippen LogP contribution in [0, 0.1) is 5.92 Å². The zero-order valence-corrected chi connectivity index (χ0v) is 7.81. The minimum Gasteiger partial charge on any atom is -0.373 e. The second-order valence-electron chi connectivity index (χ2n) is 3.54. The Morgan fingerprint density at radius 2 is 2.09 bits per heavy atom. The molecule has 1 aliphatic rings. The van der Waals surface area contributed by atoms with Crippen LogP contribution in [0.5, 0.6) is 0 Å². The molecule has 11 heavy (non-hydrogen) atoms. The van der Waals surface area contributed by atoms with Gasteiger partial charge in [0.1, 0.15) is 0 Å². The average molecular weight is 156 g/mol. The van der Waals surface area contributed by atoms with Crippen LogP contribution in [0.2, 0.25) is 0 Å². The summed E-state index contributed by atoms with van der Waals surface area (Å²) in [6, 6.07) is 0. The summed E-state index contributed by atoms with van der Waals surface area (Å²) < 4.78 is 5.29. The van der Waals surface area contributed by atoms with Gasteiger partial charge in [0, 0.05) is 0 Å². The smallest absolute Gasteiger partial charge is 0.0837 e. The van der Waals surface area contributed by atoms with Crippen molar-refractivity contribution in [2.24, 2.45) is 5.92 Å². The van der Waals surface area contributed by atoms with E-state index in [4.69, 9.17) is 4.74 Å². The van der Waals surface area contributed by atoms with Crippen molar-refractivity contribution < 1.29 is 4.74 Å². The van der Waals surface area contributed by atoms with Gasteiger partial charge in [0.2, 0.25) is 0 Å². The molecule has 1 aliphatic heterocycles. The molecule has 0 aliphatic carbocycles. The molecular formula is C10H20O. The molecule has 0 aromatic carbocycles. The van der Waals surface area contributed by atoms with Gasteiger partial charge < -0.3 is 4.74 Å². The highest BCUT2D eigenvalue weighted by atomic mass is 16.6. The second-order valence-corrected chi connectivity index (χ2v) is 3.54. The molecule has 1 nitrogen and oxygen atoms in total. The minimum absolute atomic E-state index is 0.636. The maximum absolute atomic E-state index is 5.29. The average Bonchev–Trinajstić information content (AvgIpc) is 2.81. The van der Waals surface area contributed by atoms with E-state index in [1.165, 1.54) is 32.1 Å². The fraction of sp³-hybridized carbons (Fsp3) is 1.00. The van der Waals surface area contributed by atoms with E-state index < -0.39 is 0 Å². The Morgan fingerprint density at radius 1 is 1.36 bits per heavy atom. The fourth-order valence-corrected chi connectivity index (χ4v) is 1.64. The number of rotatable bonds is 6. The lowest BCUT2D eigenvalue weighted by molar-refractivity contribution is 0.303. The Hall–Kier alpha value is -0.0400. The maximum Gasteiger partial charge on any atom is 0.0837 e. The zero-order valence-electron chi connectivity index (χ0n) is 7.81. The first-order valence-electron chi connectivity index (χ1n) is 5.00. The van der Waals surface area contributed by atoms with Crippen LogP contribution in [0.4, 0.5) is 0 Å². The Balaban J connectivity index is 2.01. The van der Waals surface area contributed by atoms with Crippen LogP contribution in [0.1, 0.15) is 46.0 Å². The third-order valence-electron chi connectivity index (χ3n) is 2.59. The van der Waals surface area contributed by atoms with E-state index in [9.17, 15) is 0 Å². The predicted octanol–water partition coefficient (Wildman–Crippen LogP) is 2.99. The molecule has 1 fully saturated rings. The molecule has 0 aromatic rings. The summed E-state index contributed by atoms with van der Waals surface area (Å²) in [5.74, 6) is 0.863. The number of unbranched alkanes of at least 4 members (excludes halogenated alkanes) is 2. The van der Waals surface area contributed by atoms with Crippen LogP contribution >= 0.6 is 0 Å². The molecule has 1 saturated heterocycles. The Morgan fingerprint density at radius 3 is 2.55 bits per heavy atom. The Bertz CT molecular complexity index is 97.0. The van der Waals surface area contributed by atoms with Crippen molar-refractivity contribution in [3.63, 3.8) is 0 Å². The van der Waals surface area contributed by atoms with E-state index in [-0.39, 0.29) is 0 Å². The molecule has 0 N–H and O–H groups in total. The number of ether oxygens (including phenoxy) is 1. The van der Waals surface area contributed by atoms with Gasteiger partial charge in [-0.2, -0.15) is 0 Å². The quantitative estimate of drug-likeness (QED) is 0.425. The van der Waals surface area contributed by atoms with Gasteiger partial charge in [-0.25, -0.2) is 0 Å². The molecule has 66 valence electrons. The molecule has 0 bridgehead atoms. The van der Waals surface area contributed by atoms with Crippen LogP contribution in [0.25, 0.3) is 0 Å². The lowest BCUT2D eigenvalue weighted by atomic mass is 9.96. The van der Waals surface area contributed by atoms with Crippen LogP contribution < -0.4 is 0 Å². The predicted molar refractivity (Wildman–Crippen MR) is 47.7 cm³/mol. The standard InChI is InChI=1S/C10H20O/c1-3-5-6-7-9(4-2)10-8-11-10/h9-10H,3-8H2,1-2H3. The summed E-state index contributed by atoms with van der Waals surface area (Å²) in [4.78, 5) is 0. The van der Waals surface area contributed by atoms with Gasteiger partial charge in [-0.15, -0.1) is 0 Å². The van der Waals surface area contributed by atoms with Crippen molar-refractivity contribution in [1.82, 2.24) is 0 Å². The van der Waals surface area contributed by atoms with Gasteiger partial charge in [0.15, 0.2) is 0 Å². The lowest BCUT2D eigenvalue weighted by Gasteiger charge is -2.10. The molecule has 2 atom stereocenters. The van der Waals surface area contributed by atoms with E-state index in [1.54, 1.807) is 0 Å². The van der Waals surface area contributed by atoms with E-state index >= 15 is 0 Å². The third-order valence-corrected chi connectivity index (χ3v) is 2.59. The van der Waals surface area contributed by atoms with Crippen LogP contribution in [0.15, 0.2) is 0 Å². The number of epoxide rings is 1. The van der Waals surface area contributed by atoms with Gasteiger partial charge in [0.25, 0.3) is 0 Å². The van der Waals surface area contributed by atoms with Crippen LogP contribution in [-0.4, -0.2) is 12.7 Å². The largest absolute Gasteiger partial charge is 0.373 e. The lowest BCUT2D eigenvalue weighted by Crippen LogP contribution is -2.06. The molecule has 1 heterocycles. The van der Waals surface area contributed by atoms with Crippen molar-refractivity contribution in [1.29, 1.82) is 0 Å². The highest BCUT2D eigenvalue weighted by Crippen LogP contribution is 2.27. The highest BCUT2D eigenvalue weighted by molar-refractivity contribution is 4.77. The first kappa shape index (κ1) is 9.05. The van der Waals surface area contributed by atoms with Crippen molar-refractivity contribution in [2.75, 3.05) is 6.61 Å². The fourth-order valence-electron chi connectivity index (χ4n) is 1.64. The van der Waals surface area contributed by atoms with Crippen molar-refractivity contribution in [3.8, 4) is 0 Å². The number of hydrogen-bond donors (Lipinski definition) is 0. The second kappa shape index (κ2) is 4.76. The summed E-state index contributed by atoms with van der Waals surface area (Å²) in [5, 5.41) is 0. The van der Waals surface area contributed by atoms with Gasteiger partial charge in [-0.1, -0.05) is 39.5 Å². The summed E-state index contributed by atoms with van der Waals surface area (Å²) in [6.07, 6.45) is 7.44. The maximum atomic E-state index is 5.29. The summed E-state index contributed by atoms with van der Waals surface area (Å²) in [6.45, 7) is 5.57. The van der Waals surface area contributed by atoms with Crippen molar-refractivity contribution >= 4 is 0 Å². The zero-order chi connectivity index (χ0) is 8.10. The number of hydrogen-bond acceptors (Lipinski definition) is 1. The molecule has 1 rings (SSSR count). The van der Waals surface area contributed by atoms with E-state index in [0.29, 0.717) is 6.10 Å². The van der Waals surface area contributed by atoms with Crippen LogP contribution in [0.3, 0.4) is 0 Å². The third kappa shape index (κ3) is 3.24. The highest BCUT2D eigenvalue weighted by Gasteiger charge is 2.30. The molecule has 0 radical (unpaired) electrons. The van der Waals surface area contributed by atoms with Gasteiger partial charge in [0.05, 0.1) is 12.7 Å². The van der Waals surface area contributed by atoms with Gasteiger partial charge >= 0.3 is 0 Å². The van der Waals surface area contributed by atoms with Crippen molar-refractivity contribution in [2.45, 2.75) is 52.1 Å².